The van der Waals surface area contributed by atoms with Gasteiger partial charge < -0.3 is 19.3 Å². The minimum Gasteiger partial charge on any atom is -0.443 e. The SMILES string of the molecule is CO[C@H]1[C@@H]([C@@]2(C)O[C@@H]2CC=C(C)C)[C@@](O)(C[S+](C)Cc2ccc(Br)cc2)CC[C@H]1OC(=O)NC(=O)CCl. The lowest BCUT2D eigenvalue weighted by molar-refractivity contribution is -0.170. The van der Waals surface area contributed by atoms with Crippen LogP contribution in [0.5, 0.6) is 0 Å². The second-order valence-electron chi connectivity index (χ2n) is 10.4. The predicted octanol–water partition coefficient (Wildman–Crippen LogP) is 4.73. The van der Waals surface area contributed by atoms with Crippen LogP contribution in [-0.2, 0) is 35.7 Å². The molecule has 1 aromatic carbocycles. The van der Waals surface area contributed by atoms with Crippen molar-refractivity contribution >= 4 is 50.4 Å². The third kappa shape index (κ3) is 7.73. The molecule has 7 nitrogen and oxygen atoms in total. The molecule has 1 aliphatic carbocycles. The number of imide groups is 1. The number of allylic oxidation sites excluding steroid dienone is 1. The predicted molar refractivity (Wildman–Crippen MR) is 151 cm³/mol. The zero-order valence-corrected chi connectivity index (χ0v) is 25.2. The Labute approximate surface area is 236 Å². The maximum Gasteiger partial charge on any atom is 0.414 e. The van der Waals surface area contributed by atoms with Gasteiger partial charge in [-0.3, -0.25) is 10.1 Å². The van der Waals surface area contributed by atoms with E-state index in [1.165, 1.54) is 11.1 Å². The minimum atomic E-state index is -1.08. The summed E-state index contributed by atoms with van der Waals surface area (Å²) in [5.74, 6) is 0.0143. The Hall–Kier alpha value is -1.10. The van der Waals surface area contributed by atoms with Gasteiger partial charge in [-0.2, -0.15) is 0 Å². The van der Waals surface area contributed by atoms with Gasteiger partial charge in [-0.15, -0.1) is 11.6 Å². The summed E-state index contributed by atoms with van der Waals surface area (Å²) in [6, 6.07) is 8.25. The molecule has 7 atom stereocenters. The van der Waals surface area contributed by atoms with Crippen molar-refractivity contribution in [3.8, 4) is 0 Å². The second kappa shape index (κ2) is 12.8. The summed E-state index contributed by atoms with van der Waals surface area (Å²) in [5, 5.41) is 14.4. The lowest BCUT2D eigenvalue weighted by atomic mass is 9.66. The van der Waals surface area contributed by atoms with Crippen LogP contribution in [-0.4, -0.2) is 71.6 Å². The molecule has 0 spiro atoms. The molecule has 2 aliphatic rings. The van der Waals surface area contributed by atoms with Gasteiger partial charge in [0.2, 0.25) is 5.91 Å². The molecule has 1 aromatic rings. The molecule has 206 valence electrons. The van der Waals surface area contributed by atoms with Crippen LogP contribution in [0.3, 0.4) is 0 Å². The number of hydrogen-bond acceptors (Lipinski definition) is 6. The van der Waals surface area contributed by atoms with Crippen LogP contribution in [0, 0.1) is 5.92 Å². The zero-order chi connectivity index (χ0) is 27.4. The van der Waals surface area contributed by atoms with E-state index in [1.807, 2.05) is 32.9 Å². The fourth-order valence-electron chi connectivity index (χ4n) is 5.50. The maximum atomic E-state index is 12.4. The van der Waals surface area contributed by atoms with E-state index in [2.05, 4.69) is 45.7 Å². The highest BCUT2D eigenvalue weighted by atomic mass is 79.9. The third-order valence-electron chi connectivity index (χ3n) is 7.19. The molecule has 1 saturated carbocycles. The van der Waals surface area contributed by atoms with Gasteiger partial charge in [-0.05, 0) is 63.1 Å². The Bertz CT molecular complexity index is 990. The summed E-state index contributed by atoms with van der Waals surface area (Å²) in [6.45, 7) is 6.11. The average molecular weight is 620 g/mol. The molecule has 10 heteroatoms. The monoisotopic (exact) mass is 618 g/mol. The number of epoxide rings is 1. The normalized spacial score (nSPS) is 31.8. The van der Waals surface area contributed by atoms with Gasteiger partial charge in [0.25, 0.3) is 0 Å². The molecule has 0 bridgehead atoms. The summed E-state index contributed by atoms with van der Waals surface area (Å²) in [5.41, 5.74) is 0.690. The maximum absolute atomic E-state index is 12.4. The molecule has 0 aromatic heterocycles. The van der Waals surface area contributed by atoms with Gasteiger partial charge in [0.1, 0.15) is 40.8 Å². The number of methoxy groups -OCH3 is 1. The Kier molecular flexibility index (Phi) is 10.6. The first-order valence-corrected chi connectivity index (χ1v) is 15.7. The van der Waals surface area contributed by atoms with Crippen LogP contribution in [0.2, 0.25) is 0 Å². The second-order valence-corrected chi connectivity index (χ2v) is 13.8. The number of carbonyl (C=O) groups excluding carboxylic acids is 2. The van der Waals surface area contributed by atoms with Crippen molar-refractivity contribution in [2.45, 2.75) is 75.3 Å². The van der Waals surface area contributed by atoms with E-state index in [0.29, 0.717) is 18.6 Å². The fourth-order valence-corrected chi connectivity index (χ4v) is 7.87. The van der Waals surface area contributed by atoms with Crippen LogP contribution < -0.4 is 5.32 Å². The molecule has 3 rings (SSSR count). The fraction of sp³-hybridized carbons (Fsp3) is 0.630. The van der Waals surface area contributed by atoms with E-state index < -0.39 is 41.3 Å². The van der Waals surface area contributed by atoms with Crippen LogP contribution >= 0.6 is 27.5 Å². The van der Waals surface area contributed by atoms with Crippen molar-refractivity contribution < 1.29 is 28.9 Å². The number of rotatable bonds is 10. The summed E-state index contributed by atoms with van der Waals surface area (Å²) < 4.78 is 18.8. The van der Waals surface area contributed by atoms with Gasteiger partial charge >= 0.3 is 6.09 Å². The number of hydrogen-bond donors (Lipinski definition) is 2. The number of aliphatic hydroxyl groups is 1. The van der Waals surface area contributed by atoms with Crippen molar-refractivity contribution in [3.63, 3.8) is 0 Å². The minimum absolute atomic E-state index is 0.0768. The van der Waals surface area contributed by atoms with Crippen LogP contribution in [0.15, 0.2) is 40.4 Å². The Morgan fingerprint density at radius 3 is 2.59 bits per heavy atom. The Balaban J connectivity index is 1.84. The highest BCUT2D eigenvalue weighted by molar-refractivity contribution is 9.10. The molecule has 1 unspecified atom stereocenters. The van der Waals surface area contributed by atoms with Crippen LogP contribution in [0.4, 0.5) is 4.79 Å². The van der Waals surface area contributed by atoms with E-state index in [4.69, 9.17) is 25.8 Å². The molecule has 1 heterocycles. The number of benzene rings is 1. The number of carbonyl (C=O) groups is 2. The number of amides is 2. The summed E-state index contributed by atoms with van der Waals surface area (Å²) in [6.07, 6.45) is 3.66. The van der Waals surface area contributed by atoms with Crippen molar-refractivity contribution in [1.29, 1.82) is 0 Å². The van der Waals surface area contributed by atoms with Crippen molar-refractivity contribution in [2.24, 2.45) is 5.92 Å². The first-order valence-electron chi connectivity index (χ1n) is 12.4. The molecule has 2 amide bonds. The molecule has 1 aliphatic heterocycles. The molecular weight excluding hydrogens is 582 g/mol. The van der Waals surface area contributed by atoms with Crippen molar-refractivity contribution in [1.82, 2.24) is 5.32 Å². The highest BCUT2D eigenvalue weighted by Crippen LogP contribution is 2.55. The number of alkyl carbamates (subject to hydrolysis) is 1. The number of halogens is 2. The van der Waals surface area contributed by atoms with Gasteiger partial charge in [-0.25, -0.2) is 4.79 Å². The van der Waals surface area contributed by atoms with Crippen molar-refractivity contribution in [2.75, 3.05) is 25.0 Å². The first-order chi connectivity index (χ1) is 17.4. The number of ether oxygens (including phenoxy) is 3. The highest BCUT2D eigenvalue weighted by Gasteiger charge is 2.68. The molecule has 0 radical (unpaired) electrons. The van der Waals surface area contributed by atoms with Crippen LogP contribution in [0.1, 0.15) is 45.6 Å². The number of alkyl halides is 1. The quantitative estimate of drug-likeness (QED) is 0.170. The van der Waals surface area contributed by atoms with Crippen LogP contribution in [0.25, 0.3) is 0 Å². The summed E-state index contributed by atoms with van der Waals surface area (Å²) in [7, 11) is 1.43. The van der Waals surface area contributed by atoms with E-state index in [1.54, 1.807) is 7.11 Å². The van der Waals surface area contributed by atoms with E-state index >= 15 is 0 Å². The average Bonchev–Trinajstić information content (AvgIpc) is 3.49. The topological polar surface area (TPSA) is 97.4 Å². The third-order valence-corrected chi connectivity index (χ3v) is 9.78. The smallest absolute Gasteiger partial charge is 0.414 e. The first kappa shape index (κ1) is 30.4. The van der Waals surface area contributed by atoms with E-state index in [9.17, 15) is 14.7 Å². The molecule has 37 heavy (non-hydrogen) atoms. The zero-order valence-electron chi connectivity index (χ0n) is 22.1. The standard InChI is InChI=1S/C27H37BrClNO6S/c1-17(2)6-11-21-26(3,36-21)24-23(34-4)20(35-25(32)30-22(31)14-29)12-13-27(24,33)16-37(5)15-18-7-9-19(28)10-8-18/h6-10,20-21,23-24,33H,11-16H2,1-5H3/p+1/t20-,21-,23-,24+,26+,27+,37?/m1/s1. The molecule has 2 fully saturated rings. The van der Waals surface area contributed by atoms with Gasteiger partial charge in [0.15, 0.2) is 0 Å². The van der Waals surface area contributed by atoms with Gasteiger partial charge in [0.05, 0.1) is 18.3 Å². The van der Waals surface area contributed by atoms with Gasteiger partial charge in [-0.1, -0.05) is 39.7 Å². The molecular formula is C27H38BrClNO6S+. The lowest BCUT2D eigenvalue weighted by Crippen LogP contribution is -2.63. The Morgan fingerprint density at radius 1 is 1.32 bits per heavy atom. The molecule has 1 saturated heterocycles. The van der Waals surface area contributed by atoms with E-state index in [-0.39, 0.29) is 22.9 Å². The van der Waals surface area contributed by atoms with Crippen molar-refractivity contribution in [3.05, 3.63) is 46.0 Å². The number of nitrogens with one attached hydrogen (secondary N) is 1. The lowest BCUT2D eigenvalue weighted by Gasteiger charge is -2.48. The summed E-state index contributed by atoms with van der Waals surface area (Å²) >= 11 is 8.99. The largest absolute Gasteiger partial charge is 0.443 e. The summed E-state index contributed by atoms with van der Waals surface area (Å²) in [4.78, 5) is 23.9. The Morgan fingerprint density at radius 2 is 2.00 bits per heavy atom. The van der Waals surface area contributed by atoms with E-state index in [0.717, 1.165) is 16.6 Å². The van der Waals surface area contributed by atoms with Gasteiger partial charge in [0, 0.05) is 17.1 Å². The molecule has 2 N–H and O–H groups in total.